The van der Waals surface area contributed by atoms with Gasteiger partial charge in [-0.05, 0) is 38.4 Å². The molecule has 0 radical (unpaired) electrons. The van der Waals surface area contributed by atoms with Crippen LogP contribution in [0.5, 0.6) is 0 Å². The topological polar surface area (TPSA) is 37.6 Å². The van der Waals surface area contributed by atoms with Crippen LogP contribution in [0.2, 0.25) is 0 Å². The zero-order chi connectivity index (χ0) is 12.8. The number of ether oxygens (including phenoxy) is 1. The highest BCUT2D eigenvalue weighted by molar-refractivity contribution is 5.05. The van der Waals surface area contributed by atoms with Crippen LogP contribution >= 0.6 is 0 Å². The lowest BCUT2D eigenvalue weighted by Crippen LogP contribution is -2.45. The van der Waals surface area contributed by atoms with Crippen LogP contribution in [0.25, 0.3) is 0 Å². The molecule has 2 rings (SSSR count). The lowest BCUT2D eigenvalue weighted by Gasteiger charge is -2.40. The molecule has 1 aliphatic rings. The average Bonchev–Trinajstić information content (AvgIpc) is 2.83. The van der Waals surface area contributed by atoms with Gasteiger partial charge >= 0.3 is 0 Å². The van der Waals surface area contributed by atoms with Crippen molar-refractivity contribution in [3.05, 3.63) is 24.2 Å². The molecule has 0 atom stereocenters. The molecule has 1 saturated heterocycles. The van der Waals surface area contributed by atoms with Crippen molar-refractivity contribution >= 4 is 0 Å². The minimum Gasteiger partial charge on any atom is -0.472 e. The van der Waals surface area contributed by atoms with Crippen LogP contribution < -0.4 is 5.32 Å². The normalized spacial score (nSPS) is 19.3. The standard InChI is InChI=1S/C14H24N2O2/c1-15-11-14(4-7-17-8-5-14)12-16(2)9-13-3-6-18-10-13/h3,6,10,15H,4-5,7-9,11-12H2,1-2H3. The predicted molar refractivity (Wildman–Crippen MR) is 71.5 cm³/mol. The van der Waals surface area contributed by atoms with Crippen LogP contribution in [0.15, 0.2) is 23.0 Å². The van der Waals surface area contributed by atoms with E-state index in [1.54, 1.807) is 6.26 Å². The molecule has 102 valence electrons. The predicted octanol–water partition coefficient (Wildman–Crippen LogP) is 1.73. The summed E-state index contributed by atoms with van der Waals surface area (Å²) < 4.78 is 10.6. The molecule has 1 aliphatic heterocycles. The summed E-state index contributed by atoms with van der Waals surface area (Å²) in [6, 6.07) is 2.03. The molecule has 0 aliphatic carbocycles. The fraction of sp³-hybridized carbons (Fsp3) is 0.714. The van der Waals surface area contributed by atoms with Gasteiger partial charge in [0.05, 0.1) is 12.5 Å². The van der Waals surface area contributed by atoms with Gasteiger partial charge in [0.1, 0.15) is 0 Å². The summed E-state index contributed by atoms with van der Waals surface area (Å²) in [5.41, 5.74) is 1.59. The molecule has 0 saturated carbocycles. The minimum atomic E-state index is 0.353. The zero-order valence-corrected chi connectivity index (χ0v) is 11.4. The number of furan rings is 1. The van der Waals surface area contributed by atoms with Crippen LogP contribution in [-0.2, 0) is 11.3 Å². The second kappa shape index (κ2) is 6.36. The highest BCUT2D eigenvalue weighted by Crippen LogP contribution is 2.31. The van der Waals surface area contributed by atoms with Crippen molar-refractivity contribution in [3.63, 3.8) is 0 Å². The number of nitrogens with one attached hydrogen (secondary N) is 1. The van der Waals surface area contributed by atoms with Gasteiger partial charge in [-0.3, -0.25) is 0 Å². The van der Waals surface area contributed by atoms with E-state index >= 15 is 0 Å². The molecular weight excluding hydrogens is 228 g/mol. The highest BCUT2D eigenvalue weighted by atomic mass is 16.5. The van der Waals surface area contributed by atoms with E-state index < -0.39 is 0 Å². The van der Waals surface area contributed by atoms with E-state index in [2.05, 4.69) is 17.3 Å². The largest absolute Gasteiger partial charge is 0.472 e. The average molecular weight is 252 g/mol. The van der Waals surface area contributed by atoms with Gasteiger partial charge in [-0.25, -0.2) is 0 Å². The molecule has 4 heteroatoms. The van der Waals surface area contributed by atoms with Gasteiger partial charge in [0.15, 0.2) is 0 Å². The summed E-state index contributed by atoms with van der Waals surface area (Å²) in [5.74, 6) is 0. The molecule has 1 fully saturated rings. The molecule has 0 bridgehead atoms. The van der Waals surface area contributed by atoms with Crippen molar-refractivity contribution < 1.29 is 9.15 Å². The second-order valence-electron chi connectivity index (χ2n) is 5.45. The van der Waals surface area contributed by atoms with E-state index in [1.165, 1.54) is 5.56 Å². The van der Waals surface area contributed by atoms with E-state index in [4.69, 9.17) is 9.15 Å². The number of hydrogen-bond donors (Lipinski definition) is 1. The lowest BCUT2D eigenvalue weighted by atomic mass is 9.79. The first kappa shape index (κ1) is 13.6. The van der Waals surface area contributed by atoms with Crippen molar-refractivity contribution in [2.75, 3.05) is 40.4 Å². The van der Waals surface area contributed by atoms with Gasteiger partial charge in [-0.15, -0.1) is 0 Å². The van der Waals surface area contributed by atoms with Crippen molar-refractivity contribution in [2.45, 2.75) is 19.4 Å². The van der Waals surface area contributed by atoms with Crippen molar-refractivity contribution in [1.29, 1.82) is 0 Å². The Balaban J connectivity index is 1.91. The molecule has 0 spiro atoms. The van der Waals surface area contributed by atoms with Crippen LogP contribution in [0.1, 0.15) is 18.4 Å². The van der Waals surface area contributed by atoms with Crippen molar-refractivity contribution in [3.8, 4) is 0 Å². The molecule has 1 aromatic heterocycles. The summed E-state index contributed by atoms with van der Waals surface area (Å²) >= 11 is 0. The van der Waals surface area contributed by atoms with Gasteiger partial charge in [0.2, 0.25) is 0 Å². The molecule has 0 aromatic carbocycles. The quantitative estimate of drug-likeness (QED) is 0.836. The summed E-state index contributed by atoms with van der Waals surface area (Å²) in [6.45, 7) is 4.89. The van der Waals surface area contributed by atoms with Crippen LogP contribution in [0.4, 0.5) is 0 Å². The number of nitrogens with zero attached hydrogens (tertiary/aromatic N) is 1. The maximum absolute atomic E-state index is 5.50. The second-order valence-corrected chi connectivity index (χ2v) is 5.45. The minimum absolute atomic E-state index is 0.353. The van der Waals surface area contributed by atoms with Crippen LogP contribution in [0.3, 0.4) is 0 Å². The van der Waals surface area contributed by atoms with Gasteiger partial charge in [0.25, 0.3) is 0 Å². The lowest BCUT2D eigenvalue weighted by molar-refractivity contribution is -0.000755. The molecule has 4 nitrogen and oxygen atoms in total. The van der Waals surface area contributed by atoms with Crippen LogP contribution in [0, 0.1) is 5.41 Å². The Kier molecular flexibility index (Phi) is 4.80. The Morgan fingerprint density at radius 2 is 2.17 bits per heavy atom. The smallest absolute Gasteiger partial charge is 0.0947 e. The maximum Gasteiger partial charge on any atom is 0.0947 e. The Hall–Kier alpha value is -0.840. The summed E-state index contributed by atoms with van der Waals surface area (Å²) in [6.07, 6.45) is 5.85. The first-order valence-electron chi connectivity index (χ1n) is 6.66. The third-order valence-electron chi connectivity index (χ3n) is 3.74. The first-order chi connectivity index (χ1) is 8.74. The first-order valence-corrected chi connectivity index (χ1v) is 6.66. The fourth-order valence-corrected chi connectivity index (χ4v) is 2.89. The van der Waals surface area contributed by atoms with E-state index in [-0.39, 0.29) is 0 Å². The third-order valence-corrected chi connectivity index (χ3v) is 3.74. The molecule has 1 N–H and O–H groups in total. The van der Waals surface area contributed by atoms with Gasteiger partial charge in [-0.1, -0.05) is 0 Å². The summed E-state index contributed by atoms with van der Waals surface area (Å²) in [7, 11) is 4.22. The molecule has 18 heavy (non-hydrogen) atoms. The molecule has 0 amide bonds. The number of rotatable bonds is 6. The summed E-state index contributed by atoms with van der Waals surface area (Å²) in [4.78, 5) is 2.38. The van der Waals surface area contributed by atoms with Crippen molar-refractivity contribution in [2.24, 2.45) is 5.41 Å². The highest BCUT2D eigenvalue weighted by Gasteiger charge is 2.33. The Bertz CT molecular complexity index is 326. The van der Waals surface area contributed by atoms with E-state index in [9.17, 15) is 0 Å². The van der Waals surface area contributed by atoms with Crippen molar-refractivity contribution in [1.82, 2.24) is 10.2 Å². The summed E-state index contributed by atoms with van der Waals surface area (Å²) in [5, 5.41) is 3.34. The SMILES string of the molecule is CNCC1(CN(C)Cc2ccoc2)CCOCC1. The molecule has 0 unspecified atom stereocenters. The molecular formula is C14H24N2O2. The fourth-order valence-electron chi connectivity index (χ4n) is 2.89. The number of hydrogen-bond acceptors (Lipinski definition) is 4. The Morgan fingerprint density at radius 1 is 1.39 bits per heavy atom. The van der Waals surface area contributed by atoms with Crippen LogP contribution in [-0.4, -0.2) is 45.3 Å². The van der Waals surface area contributed by atoms with E-state index in [0.717, 1.165) is 45.7 Å². The van der Waals surface area contributed by atoms with Gasteiger partial charge < -0.3 is 19.4 Å². The molecule has 1 aromatic rings. The maximum atomic E-state index is 5.50. The van der Waals surface area contributed by atoms with Gasteiger partial charge in [-0.2, -0.15) is 0 Å². The van der Waals surface area contributed by atoms with E-state index in [0.29, 0.717) is 5.41 Å². The van der Waals surface area contributed by atoms with E-state index in [1.807, 2.05) is 19.4 Å². The molecule has 2 heterocycles. The monoisotopic (exact) mass is 252 g/mol. The Labute approximate surface area is 109 Å². The third kappa shape index (κ3) is 3.57. The zero-order valence-electron chi connectivity index (χ0n) is 11.4. The van der Waals surface area contributed by atoms with Gasteiger partial charge in [0, 0.05) is 38.4 Å². The Morgan fingerprint density at radius 3 is 2.78 bits per heavy atom.